The molecule has 3 aromatic carbocycles. The Morgan fingerprint density at radius 2 is 1.81 bits per heavy atom. The minimum atomic E-state index is -0.404. The molecule has 1 heterocycles. The van der Waals surface area contributed by atoms with Gasteiger partial charge in [-0.3, -0.25) is 9.36 Å². The fourth-order valence-electron chi connectivity index (χ4n) is 3.12. The van der Waals surface area contributed by atoms with Crippen molar-refractivity contribution in [3.05, 3.63) is 84.7 Å². The van der Waals surface area contributed by atoms with Gasteiger partial charge in [0.05, 0.1) is 12.4 Å². The van der Waals surface area contributed by atoms with E-state index in [9.17, 15) is 9.18 Å². The normalized spacial score (nSPS) is 10.7. The fourth-order valence-corrected chi connectivity index (χ4v) is 3.87. The van der Waals surface area contributed by atoms with Crippen LogP contribution in [0.5, 0.6) is 5.75 Å². The first kappa shape index (κ1) is 21.6. The van der Waals surface area contributed by atoms with E-state index < -0.39 is 5.82 Å². The molecule has 1 aromatic heterocycles. The third kappa shape index (κ3) is 5.15. The standard InChI is InChI=1S/C24H21FN4O2S/c1-2-31-21-13-11-20(12-14-21)29-23(17-7-4-3-5-8-17)27-28-24(29)32-16-22(30)26-19-10-6-9-18(25)15-19/h3-15H,2,16H2,1H3,(H,26,30). The summed E-state index contributed by atoms with van der Waals surface area (Å²) in [5.74, 6) is 0.874. The molecule has 0 aliphatic carbocycles. The number of hydrogen-bond donors (Lipinski definition) is 1. The zero-order chi connectivity index (χ0) is 22.3. The lowest BCUT2D eigenvalue weighted by Crippen LogP contribution is -2.14. The molecular formula is C24H21FN4O2S. The van der Waals surface area contributed by atoms with Gasteiger partial charge in [0, 0.05) is 16.9 Å². The van der Waals surface area contributed by atoms with E-state index in [2.05, 4.69) is 15.5 Å². The molecule has 0 bridgehead atoms. The summed E-state index contributed by atoms with van der Waals surface area (Å²) in [4.78, 5) is 12.4. The molecule has 0 unspecified atom stereocenters. The van der Waals surface area contributed by atoms with Crippen LogP contribution in [-0.4, -0.2) is 33.0 Å². The second-order valence-corrected chi connectivity index (χ2v) is 7.72. The van der Waals surface area contributed by atoms with Gasteiger partial charge in [0.1, 0.15) is 11.6 Å². The molecule has 1 N–H and O–H groups in total. The highest BCUT2D eigenvalue weighted by Crippen LogP contribution is 2.29. The molecule has 32 heavy (non-hydrogen) atoms. The van der Waals surface area contributed by atoms with E-state index >= 15 is 0 Å². The first-order valence-corrected chi connectivity index (χ1v) is 11.0. The van der Waals surface area contributed by atoms with E-state index in [1.165, 1.54) is 23.9 Å². The Labute approximate surface area is 189 Å². The average molecular weight is 449 g/mol. The predicted molar refractivity (Wildman–Crippen MR) is 124 cm³/mol. The van der Waals surface area contributed by atoms with Crippen LogP contribution in [0, 0.1) is 5.82 Å². The maximum Gasteiger partial charge on any atom is 0.234 e. The van der Waals surface area contributed by atoms with Gasteiger partial charge < -0.3 is 10.1 Å². The molecule has 0 aliphatic heterocycles. The summed E-state index contributed by atoms with van der Waals surface area (Å²) in [6.45, 7) is 2.52. The molecule has 0 atom stereocenters. The van der Waals surface area contributed by atoms with Crippen molar-refractivity contribution in [1.82, 2.24) is 14.8 Å². The molecule has 0 radical (unpaired) electrons. The van der Waals surface area contributed by atoms with Gasteiger partial charge in [-0.15, -0.1) is 10.2 Å². The minimum Gasteiger partial charge on any atom is -0.494 e. The zero-order valence-electron chi connectivity index (χ0n) is 17.4. The van der Waals surface area contributed by atoms with E-state index in [-0.39, 0.29) is 11.7 Å². The van der Waals surface area contributed by atoms with Gasteiger partial charge >= 0.3 is 0 Å². The van der Waals surface area contributed by atoms with Crippen LogP contribution in [0.1, 0.15) is 6.92 Å². The quantitative estimate of drug-likeness (QED) is 0.375. The molecule has 0 spiro atoms. The minimum absolute atomic E-state index is 0.0977. The van der Waals surface area contributed by atoms with E-state index in [4.69, 9.17) is 4.74 Å². The molecule has 0 saturated carbocycles. The summed E-state index contributed by atoms with van der Waals surface area (Å²) in [7, 11) is 0. The van der Waals surface area contributed by atoms with Crippen LogP contribution in [-0.2, 0) is 4.79 Å². The SMILES string of the molecule is CCOc1ccc(-n2c(SCC(=O)Nc3cccc(F)c3)nnc2-c2ccccc2)cc1. The number of rotatable bonds is 8. The second-order valence-electron chi connectivity index (χ2n) is 6.78. The Balaban J connectivity index is 1.59. The maximum absolute atomic E-state index is 13.4. The Hall–Kier alpha value is -3.65. The Morgan fingerprint density at radius 3 is 2.53 bits per heavy atom. The van der Waals surface area contributed by atoms with Crippen LogP contribution >= 0.6 is 11.8 Å². The number of anilines is 1. The van der Waals surface area contributed by atoms with Crippen molar-refractivity contribution in [3.8, 4) is 22.8 Å². The molecule has 8 heteroatoms. The molecule has 6 nitrogen and oxygen atoms in total. The predicted octanol–water partition coefficient (Wildman–Crippen LogP) is 5.20. The monoisotopic (exact) mass is 448 g/mol. The lowest BCUT2D eigenvalue weighted by atomic mass is 10.2. The van der Waals surface area contributed by atoms with E-state index in [1.54, 1.807) is 12.1 Å². The third-order valence-electron chi connectivity index (χ3n) is 4.51. The first-order valence-electron chi connectivity index (χ1n) is 10.1. The average Bonchev–Trinajstić information content (AvgIpc) is 3.23. The number of amides is 1. The molecule has 4 rings (SSSR count). The van der Waals surface area contributed by atoms with Crippen molar-refractivity contribution >= 4 is 23.4 Å². The summed E-state index contributed by atoms with van der Waals surface area (Å²) in [5.41, 5.74) is 2.17. The van der Waals surface area contributed by atoms with Crippen LogP contribution in [0.4, 0.5) is 10.1 Å². The molecular weight excluding hydrogens is 427 g/mol. The van der Waals surface area contributed by atoms with Crippen LogP contribution in [0.2, 0.25) is 0 Å². The van der Waals surface area contributed by atoms with Crippen molar-refractivity contribution in [2.75, 3.05) is 17.7 Å². The van der Waals surface area contributed by atoms with Gasteiger partial charge in [-0.05, 0) is 49.4 Å². The Bertz CT molecular complexity index is 1200. The highest BCUT2D eigenvalue weighted by atomic mass is 32.2. The number of halogens is 1. The Morgan fingerprint density at radius 1 is 1.03 bits per heavy atom. The van der Waals surface area contributed by atoms with Gasteiger partial charge in [-0.25, -0.2) is 4.39 Å². The van der Waals surface area contributed by atoms with Gasteiger partial charge in [-0.2, -0.15) is 0 Å². The topological polar surface area (TPSA) is 69.0 Å². The van der Waals surface area contributed by atoms with Gasteiger partial charge in [-0.1, -0.05) is 48.2 Å². The van der Waals surface area contributed by atoms with E-state index in [0.29, 0.717) is 23.3 Å². The van der Waals surface area contributed by atoms with E-state index in [1.807, 2.05) is 66.1 Å². The number of thioether (sulfide) groups is 1. The lowest BCUT2D eigenvalue weighted by molar-refractivity contribution is -0.113. The van der Waals surface area contributed by atoms with Crippen molar-refractivity contribution < 1.29 is 13.9 Å². The van der Waals surface area contributed by atoms with Crippen LogP contribution in [0.15, 0.2) is 84.0 Å². The molecule has 162 valence electrons. The number of hydrogen-bond acceptors (Lipinski definition) is 5. The number of nitrogens with one attached hydrogen (secondary N) is 1. The molecule has 4 aromatic rings. The van der Waals surface area contributed by atoms with Gasteiger partial charge in [0.25, 0.3) is 0 Å². The van der Waals surface area contributed by atoms with Gasteiger partial charge in [0.2, 0.25) is 5.91 Å². The van der Waals surface area contributed by atoms with Gasteiger partial charge in [0.15, 0.2) is 11.0 Å². The molecule has 0 saturated heterocycles. The summed E-state index contributed by atoms with van der Waals surface area (Å²) >= 11 is 1.26. The van der Waals surface area contributed by atoms with Crippen molar-refractivity contribution in [3.63, 3.8) is 0 Å². The molecule has 0 aliphatic rings. The number of carbonyl (C=O) groups excluding carboxylic acids is 1. The van der Waals surface area contributed by atoms with Crippen LogP contribution in [0.3, 0.4) is 0 Å². The van der Waals surface area contributed by atoms with Crippen molar-refractivity contribution in [2.45, 2.75) is 12.1 Å². The number of ether oxygens (including phenoxy) is 1. The maximum atomic E-state index is 13.4. The first-order chi connectivity index (χ1) is 15.6. The lowest BCUT2D eigenvalue weighted by Gasteiger charge is -2.11. The summed E-state index contributed by atoms with van der Waals surface area (Å²) in [6, 6.07) is 23.2. The number of benzene rings is 3. The third-order valence-corrected chi connectivity index (χ3v) is 5.44. The molecule has 0 fully saturated rings. The highest BCUT2D eigenvalue weighted by molar-refractivity contribution is 7.99. The highest BCUT2D eigenvalue weighted by Gasteiger charge is 2.17. The molecule has 1 amide bonds. The van der Waals surface area contributed by atoms with Crippen molar-refractivity contribution in [2.24, 2.45) is 0 Å². The van der Waals surface area contributed by atoms with Crippen molar-refractivity contribution in [1.29, 1.82) is 0 Å². The van der Waals surface area contributed by atoms with Crippen LogP contribution in [0.25, 0.3) is 17.1 Å². The number of nitrogens with zero attached hydrogens (tertiary/aromatic N) is 3. The van der Waals surface area contributed by atoms with Crippen LogP contribution < -0.4 is 10.1 Å². The summed E-state index contributed by atoms with van der Waals surface area (Å²) in [5, 5.41) is 12.0. The summed E-state index contributed by atoms with van der Waals surface area (Å²) in [6.07, 6.45) is 0. The second kappa shape index (κ2) is 10.1. The largest absolute Gasteiger partial charge is 0.494 e. The Kier molecular flexibility index (Phi) is 6.81. The smallest absolute Gasteiger partial charge is 0.234 e. The van der Waals surface area contributed by atoms with E-state index in [0.717, 1.165) is 17.0 Å². The fraction of sp³-hybridized carbons (Fsp3) is 0.125. The number of aromatic nitrogens is 3. The summed E-state index contributed by atoms with van der Waals surface area (Å²) < 4.78 is 20.8. The number of carbonyl (C=O) groups is 1. The zero-order valence-corrected chi connectivity index (χ0v) is 18.2.